The number of carbonyl (C=O) groups excluding carboxylic acids is 2. The van der Waals surface area contributed by atoms with Crippen LogP contribution >= 0.6 is 0 Å². The van der Waals surface area contributed by atoms with Crippen molar-refractivity contribution < 1.29 is 9.59 Å². The van der Waals surface area contributed by atoms with E-state index in [0.29, 0.717) is 17.3 Å². The van der Waals surface area contributed by atoms with Crippen molar-refractivity contribution in [1.29, 1.82) is 0 Å². The van der Waals surface area contributed by atoms with Gasteiger partial charge in [0.1, 0.15) is 0 Å². The Bertz CT molecular complexity index is 354. The van der Waals surface area contributed by atoms with E-state index in [1.54, 1.807) is 24.3 Å². The fourth-order valence-corrected chi connectivity index (χ4v) is 2.10. The molecule has 1 heterocycles. The van der Waals surface area contributed by atoms with E-state index in [1.165, 1.54) is 4.90 Å². The summed E-state index contributed by atoms with van der Waals surface area (Å²) in [4.78, 5) is 24.4. The summed E-state index contributed by atoms with van der Waals surface area (Å²) in [7, 11) is 0.825. The number of amides is 2. The van der Waals surface area contributed by atoms with E-state index in [4.69, 9.17) is 0 Å². The molecule has 0 radical (unpaired) electrons. The minimum absolute atomic E-state index is 0.143. The zero-order chi connectivity index (χ0) is 9.42. The van der Waals surface area contributed by atoms with Gasteiger partial charge in [-0.1, -0.05) is 12.1 Å². The Kier molecular flexibility index (Phi) is 1.77. The Labute approximate surface area is 78.8 Å². The maximum atomic E-state index is 11.6. The highest BCUT2D eigenvalue weighted by Gasteiger charge is 2.33. The van der Waals surface area contributed by atoms with E-state index >= 15 is 0 Å². The lowest BCUT2D eigenvalue weighted by Crippen LogP contribution is -2.30. The molecule has 0 saturated carbocycles. The lowest BCUT2D eigenvalue weighted by molar-refractivity contribution is 0.0682. The smallest absolute Gasteiger partial charge is 0.261 e. The molecular weight excluding hydrogens is 182 g/mol. The van der Waals surface area contributed by atoms with Gasteiger partial charge in [-0.15, -0.1) is 0 Å². The van der Waals surface area contributed by atoms with E-state index < -0.39 is 0 Å². The van der Waals surface area contributed by atoms with Gasteiger partial charge >= 0.3 is 0 Å². The summed E-state index contributed by atoms with van der Waals surface area (Å²) in [6.45, 7) is 0. The SMILES string of the molecule is O=C1c2ccccc2C(=O)N1C[SiH3]. The highest BCUT2D eigenvalue weighted by molar-refractivity contribution is 6.24. The minimum atomic E-state index is -0.143. The molecule has 2 rings (SSSR count). The maximum Gasteiger partial charge on any atom is 0.261 e. The molecule has 1 aliphatic heterocycles. The van der Waals surface area contributed by atoms with Crippen LogP contribution in [-0.4, -0.2) is 33.1 Å². The van der Waals surface area contributed by atoms with Crippen molar-refractivity contribution in [2.24, 2.45) is 0 Å². The first-order valence-corrected chi connectivity index (χ1v) is 5.62. The van der Waals surface area contributed by atoms with Crippen LogP contribution in [0.3, 0.4) is 0 Å². The summed E-state index contributed by atoms with van der Waals surface area (Å²) in [6, 6.07) is 6.96. The molecule has 0 bridgehead atoms. The molecule has 0 fully saturated rings. The Morgan fingerprint density at radius 3 is 1.92 bits per heavy atom. The number of benzene rings is 1. The normalized spacial score (nSPS) is 15.2. The molecule has 4 heteroatoms. The quantitative estimate of drug-likeness (QED) is 0.447. The Morgan fingerprint density at radius 1 is 1.08 bits per heavy atom. The van der Waals surface area contributed by atoms with Crippen molar-refractivity contribution in [1.82, 2.24) is 4.90 Å². The summed E-state index contributed by atoms with van der Waals surface area (Å²) in [5.74, 6) is -0.286. The summed E-state index contributed by atoms with van der Waals surface area (Å²) in [5.41, 5.74) is 1.09. The average Bonchev–Trinajstić information content (AvgIpc) is 2.41. The third-order valence-electron chi connectivity index (χ3n) is 2.19. The van der Waals surface area contributed by atoms with E-state index in [1.807, 2.05) is 0 Å². The van der Waals surface area contributed by atoms with Crippen LogP contribution in [0.15, 0.2) is 24.3 Å². The lowest BCUT2D eigenvalue weighted by Gasteiger charge is -2.08. The number of fused-ring (bicyclic) bond motifs is 1. The van der Waals surface area contributed by atoms with Crippen LogP contribution in [0.4, 0.5) is 0 Å². The van der Waals surface area contributed by atoms with Gasteiger partial charge in [-0.3, -0.25) is 14.5 Å². The highest BCUT2D eigenvalue weighted by Crippen LogP contribution is 2.21. The molecule has 1 aromatic rings. The van der Waals surface area contributed by atoms with Gasteiger partial charge in [-0.25, -0.2) is 0 Å². The monoisotopic (exact) mass is 191 g/mol. The van der Waals surface area contributed by atoms with Crippen molar-refractivity contribution in [2.45, 2.75) is 0 Å². The van der Waals surface area contributed by atoms with E-state index in [0.717, 1.165) is 10.2 Å². The second-order valence-corrected chi connectivity index (χ2v) is 3.53. The molecule has 13 heavy (non-hydrogen) atoms. The predicted molar refractivity (Wildman–Crippen MR) is 51.7 cm³/mol. The summed E-state index contributed by atoms with van der Waals surface area (Å²) in [6.07, 6.45) is 0.576. The van der Waals surface area contributed by atoms with Crippen LogP contribution in [0.5, 0.6) is 0 Å². The van der Waals surface area contributed by atoms with Gasteiger partial charge in [0.05, 0.1) is 11.1 Å². The van der Waals surface area contributed by atoms with Gasteiger partial charge in [-0.2, -0.15) is 0 Å². The van der Waals surface area contributed by atoms with Crippen LogP contribution < -0.4 is 0 Å². The van der Waals surface area contributed by atoms with Crippen LogP contribution in [0.25, 0.3) is 0 Å². The molecular formula is C9H9NO2Si. The van der Waals surface area contributed by atoms with Gasteiger partial charge in [0.2, 0.25) is 0 Å². The first-order chi connectivity index (χ1) is 6.25. The number of hydrogen-bond acceptors (Lipinski definition) is 2. The summed E-state index contributed by atoms with van der Waals surface area (Å²) >= 11 is 0. The van der Waals surface area contributed by atoms with Gasteiger partial charge < -0.3 is 0 Å². The predicted octanol–water partition coefficient (Wildman–Crippen LogP) is -0.395. The molecule has 3 nitrogen and oxygen atoms in total. The number of imide groups is 1. The maximum absolute atomic E-state index is 11.6. The minimum Gasteiger partial charge on any atom is -0.278 e. The van der Waals surface area contributed by atoms with E-state index in [-0.39, 0.29) is 11.8 Å². The molecule has 0 atom stereocenters. The zero-order valence-electron chi connectivity index (χ0n) is 7.28. The van der Waals surface area contributed by atoms with Crippen LogP contribution in [0.2, 0.25) is 0 Å². The molecule has 0 spiro atoms. The standard InChI is InChI=1S/C9H9NO2Si/c11-8-6-3-1-2-4-7(6)9(12)10(8)5-13/h1-4H,5H2,13H3. The number of hydrogen-bond donors (Lipinski definition) is 0. The number of nitrogens with zero attached hydrogens (tertiary/aromatic N) is 1. The van der Waals surface area contributed by atoms with Crippen molar-refractivity contribution >= 4 is 22.1 Å². The average molecular weight is 191 g/mol. The molecule has 0 N–H and O–H groups in total. The van der Waals surface area contributed by atoms with Crippen LogP contribution in [0.1, 0.15) is 20.7 Å². The Morgan fingerprint density at radius 2 is 1.54 bits per heavy atom. The Hall–Kier alpha value is -1.42. The zero-order valence-corrected chi connectivity index (χ0v) is 9.28. The first-order valence-electron chi connectivity index (χ1n) is 4.21. The van der Waals surface area contributed by atoms with Crippen molar-refractivity contribution in [2.75, 3.05) is 6.17 Å². The van der Waals surface area contributed by atoms with Crippen molar-refractivity contribution in [3.63, 3.8) is 0 Å². The second kappa shape index (κ2) is 2.81. The summed E-state index contributed by atoms with van der Waals surface area (Å²) in [5, 5.41) is 0. The lowest BCUT2D eigenvalue weighted by atomic mass is 10.1. The van der Waals surface area contributed by atoms with Crippen molar-refractivity contribution in [3.05, 3.63) is 35.4 Å². The van der Waals surface area contributed by atoms with E-state index in [9.17, 15) is 9.59 Å². The van der Waals surface area contributed by atoms with Gasteiger partial charge in [-0.05, 0) is 12.1 Å². The third kappa shape index (κ3) is 1.02. The van der Waals surface area contributed by atoms with E-state index in [2.05, 4.69) is 0 Å². The fourth-order valence-electron chi connectivity index (χ4n) is 1.53. The highest BCUT2D eigenvalue weighted by atomic mass is 28.1. The van der Waals surface area contributed by atoms with Gasteiger partial charge in [0, 0.05) is 16.4 Å². The molecule has 2 amide bonds. The third-order valence-corrected chi connectivity index (χ3v) is 2.83. The second-order valence-electron chi connectivity index (χ2n) is 2.90. The van der Waals surface area contributed by atoms with Crippen LogP contribution in [-0.2, 0) is 0 Å². The topological polar surface area (TPSA) is 37.4 Å². The number of rotatable bonds is 1. The molecule has 0 aliphatic carbocycles. The first kappa shape index (κ1) is 8.19. The molecule has 0 saturated heterocycles. The number of carbonyl (C=O) groups is 2. The fraction of sp³-hybridized carbons (Fsp3) is 0.111. The van der Waals surface area contributed by atoms with Gasteiger partial charge in [0.25, 0.3) is 11.8 Å². The largest absolute Gasteiger partial charge is 0.278 e. The Balaban J connectivity index is 2.57. The van der Waals surface area contributed by atoms with Crippen molar-refractivity contribution in [3.8, 4) is 0 Å². The summed E-state index contributed by atoms with van der Waals surface area (Å²) < 4.78 is 0. The molecule has 0 unspecified atom stereocenters. The molecule has 1 aliphatic rings. The molecule has 66 valence electrons. The van der Waals surface area contributed by atoms with Gasteiger partial charge in [0.15, 0.2) is 0 Å². The molecule has 1 aromatic carbocycles. The van der Waals surface area contributed by atoms with Crippen LogP contribution in [0, 0.1) is 0 Å². The molecule has 0 aromatic heterocycles.